The summed E-state index contributed by atoms with van der Waals surface area (Å²) in [6, 6.07) is 7.88. The van der Waals surface area contributed by atoms with Crippen molar-refractivity contribution in [2.75, 3.05) is 18.5 Å². The summed E-state index contributed by atoms with van der Waals surface area (Å²) in [6.07, 6.45) is 5.62. The average molecular weight is 406 g/mol. The van der Waals surface area contributed by atoms with E-state index in [4.69, 9.17) is 4.74 Å². The molecule has 1 saturated heterocycles. The molecule has 3 heterocycles. The number of nitrogens with one attached hydrogen (secondary N) is 1. The van der Waals surface area contributed by atoms with Gasteiger partial charge in [0, 0.05) is 31.7 Å². The van der Waals surface area contributed by atoms with Gasteiger partial charge in [0.1, 0.15) is 17.1 Å². The van der Waals surface area contributed by atoms with E-state index in [9.17, 15) is 9.70 Å². The number of pyridine rings is 1. The second-order valence-electron chi connectivity index (χ2n) is 8.00. The van der Waals surface area contributed by atoms with Gasteiger partial charge >= 0.3 is 0 Å². The van der Waals surface area contributed by atoms with Crippen molar-refractivity contribution in [1.82, 2.24) is 19.5 Å². The lowest BCUT2D eigenvalue weighted by molar-refractivity contribution is 0.369. The Kier molecular flexibility index (Phi) is 4.66. The fraction of sp³-hybridized carbons (Fsp3) is 0.381. The fourth-order valence-corrected chi connectivity index (χ4v) is 4.51. The summed E-state index contributed by atoms with van der Waals surface area (Å²) in [4.78, 5) is 32.3. The first-order valence-electron chi connectivity index (χ1n) is 10.1. The van der Waals surface area contributed by atoms with E-state index in [1.54, 1.807) is 31.4 Å². The maximum absolute atomic E-state index is 12.8. The van der Waals surface area contributed by atoms with Crippen LogP contribution in [0.25, 0.3) is 11.0 Å². The third kappa shape index (κ3) is 3.41. The molecule has 5 rings (SSSR count). The minimum absolute atomic E-state index is 0.161. The van der Waals surface area contributed by atoms with Crippen LogP contribution in [0.3, 0.4) is 0 Å². The predicted molar refractivity (Wildman–Crippen MR) is 113 cm³/mol. The van der Waals surface area contributed by atoms with E-state index in [0.717, 1.165) is 24.9 Å². The van der Waals surface area contributed by atoms with Crippen molar-refractivity contribution in [3.8, 4) is 11.5 Å². The van der Waals surface area contributed by atoms with Gasteiger partial charge in [-0.15, -0.1) is 4.91 Å². The monoisotopic (exact) mass is 406 g/mol. The molecule has 2 aliphatic rings. The van der Waals surface area contributed by atoms with Gasteiger partial charge in [-0.25, -0.2) is 9.99 Å². The third-order valence-corrected chi connectivity index (χ3v) is 6.07. The van der Waals surface area contributed by atoms with E-state index >= 15 is 0 Å². The molecule has 0 spiro atoms. The smallest absolute Gasteiger partial charge is 0.294 e. The van der Waals surface area contributed by atoms with Crippen molar-refractivity contribution < 1.29 is 4.74 Å². The first-order chi connectivity index (χ1) is 14.6. The highest BCUT2D eigenvalue weighted by molar-refractivity contribution is 5.76. The largest absolute Gasteiger partial charge is 0.452 e. The Morgan fingerprint density at radius 1 is 1.17 bits per heavy atom. The molecule has 0 bridgehead atoms. The average Bonchev–Trinajstić information content (AvgIpc) is 3.34. The molecule has 1 aliphatic heterocycles. The van der Waals surface area contributed by atoms with Gasteiger partial charge in [-0.05, 0) is 60.2 Å². The first-order valence-corrected chi connectivity index (χ1v) is 10.1. The number of hydrazine groups is 1. The van der Waals surface area contributed by atoms with Crippen LogP contribution in [-0.4, -0.2) is 32.6 Å². The van der Waals surface area contributed by atoms with E-state index in [-0.39, 0.29) is 11.3 Å². The number of aryl methyl sites for hydroxylation is 1. The molecule has 1 aliphatic carbocycles. The zero-order valence-electron chi connectivity index (χ0n) is 16.6. The summed E-state index contributed by atoms with van der Waals surface area (Å²) >= 11 is 0. The molecule has 1 aromatic carbocycles. The molecule has 0 radical (unpaired) electrons. The van der Waals surface area contributed by atoms with Crippen LogP contribution in [0.1, 0.15) is 19.3 Å². The van der Waals surface area contributed by atoms with Gasteiger partial charge in [0.05, 0.1) is 0 Å². The lowest BCUT2D eigenvalue weighted by Crippen LogP contribution is -2.29. The highest BCUT2D eigenvalue weighted by Gasteiger charge is 2.36. The number of benzene rings is 1. The first kappa shape index (κ1) is 18.7. The summed E-state index contributed by atoms with van der Waals surface area (Å²) in [5.41, 5.74) is 3.83. The minimum Gasteiger partial charge on any atom is -0.452 e. The van der Waals surface area contributed by atoms with E-state index < -0.39 is 0 Å². The number of anilines is 1. The topological polar surface area (TPSA) is 102 Å². The van der Waals surface area contributed by atoms with Crippen molar-refractivity contribution in [3.63, 3.8) is 0 Å². The van der Waals surface area contributed by atoms with Crippen LogP contribution in [0.4, 0.5) is 11.6 Å². The molecular weight excluding hydrogens is 384 g/mol. The van der Waals surface area contributed by atoms with Crippen molar-refractivity contribution in [2.24, 2.45) is 24.1 Å². The van der Waals surface area contributed by atoms with Gasteiger partial charge in [0.15, 0.2) is 5.75 Å². The highest BCUT2D eigenvalue weighted by atomic mass is 16.5. The maximum Gasteiger partial charge on any atom is 0.294 e. The second-order valence-corrected chi connectivity index (χ2v) is 8.00. The van der Waals surface area contributed by atoms with Crippen molar-refractivity contribution in [1.29, 1.82) is 0 Å². The quantitative estimate of drug-likeness (QED) is 0.646. The van der Waals surface area contributed by atoms with Gasteiger partial charge < -0.3 is 4.74 Å². The summed E-state index contributed by atoms with van der Waals surface area (Å²) in [5.74, 6) is 2.62. The van der Waals surface area contributed by atoms with Crippen LogP contribution >= 0.6 is 0 Å². The van der Waals surface area contributed by atoms with E-state index in [1.165, 1.54) is 36.0 Å². The Balaban J connectivity index is 1.39. The molecule has 9 heteroatoms. The molecule has 2 fully saturated rings. The van der Waals surface area contributed by atoms with Crippen LogP contribution in [0, 0.1) is 16.7 Å². The van der Waals surface area contributed by atoms with Crippen LogP contribution < -0.4 is 15.7 Å². The molecule has 30 heavy (non-hydrogen) atoms. The Morgan fingerprint density at radius 2 is 1.90 bits per heavy atom. The van der Waals surface area contributed by atoms with Crippen molar-refractivity contribution >= 4 is 22.7 Å². The normalized spacial score (nSPS) is 21.0. The highest BCUT2D eigenvalue weighted by Crippen LogP contribution is 2.37. The number of fused-ring (bicyclic) bond motifs is 2. The van der Waals surface area contributed by atoms with Gasteiger partial charge in [-0.2, -0.15) is 4.98 Å². The molecule has 154 valence electrons. The molecule has 3 aromatic rings. The molecule has 2 aromatic heterocycles. The standard InChI is InChI=1S/C21H22N6O3/c1-26-19-15(9-18(20(26)28)30-17-7-5-16(25-29)6-8-17)10-22-21(23-19)24-27-11-13-3-2-4-14(13)12-27/h5-10,13-14H,2-4,11-12H2,1H3,(H,22,23,24). The number of rotatable bonds is 5. The van der Waals surface area contributed by atoms with Crippen LogP contribution in [0.5, 0.6) is 11.5 Å². The number of hydrogen-bond acceptors (Lipinski definition) is 8. The summed E-state index contributed by atoms with van der Waals surface area (Å²) in [7, 11) is 1.66. The maximum atomic E-state index is 12.8. The number of hydrogen-bond donors (Lipinski definition) is 1. The lowest BCUT2D eigenvalue weighted by atomic mass is 10.0. The Morgan fingerprint density at radius 3 is 2.60 bits per heavy atom. The molecular formula is C21H22N6O3. The van der Waals surface area contributed by atoms with Gasteiger partial charge in [0.2, 0.25) is 5.95 Å². The summed E-state index contributed by atoms with van der Waals surface area (Å²) in [6.45, 7) is 2.02. The molecule has 0 amide bonds. The molecule has 2 atom stereocenters. The summed E-state index contributed by atoms with van der Waals surface area (Å²) < 4.78 is 7.18. The van der Waals surface area contributed by atoms with Crippen LogP contribution in [0.2, 0.25) is 0 Å². The number of aromatic nitrogens is 3. The minimum atomic E-state index is -0.305. The zero-order valence-corrected chi connectivity index (χ0v) is 16.6. The molecule has 9 nitrogen and oxygen atoms in total. The Hall–Kier alpha value is -3.33. The summed E-state index contributed by atoms with van der Waals surface area (Å²) in [5, 5.41) is 5.74. The van der Waals surface area contributed by atoms with Gasteiger partial charge in [-0.3, -0.25) is 14.8 Å². The predicted octanol–water partition coefficient (Wildman–Crippen LogP) is 3.58. The molecule has 1 saturated carbocycles. The SMILES string of the molecule is Cn1c(=O)c(Oc2ccc(N=O)cc2)cc2cnc(NN3CC4CCCC4C3)nc21. The van der Waals surface area contributed by atoms with Crippen LogP contribution in [-0.2, 0) is 7.05 Å². The zero-order chi connectivity index (χ0) is 20.7. The van der Waals surface area contributed by atoms with Crippen molar-refractivity contribution in [3.05, 3.63) is 51.8 Å². The molecule has 2 unspecified atom stereocenters. The van der Waals surface area contributed by atoms with Gasteiger partial charge in [-0.1, -0.05) is 6.42 Å². The number of ether oxygens (including phenoxy) is 1. The third-order valence-electron chi connectivity index (χ3n) is 6.07. The Labute approximate surface area is 172 Å². The number of nitrogens with zero attached hydrogens (tertiary/aromatic N) is 5. The van der Waals surface area contributed by atoms with Gasteiger partial charge in [0.25, 0.3) is 5.56 Å². The van der Waals surface area contributed by atoms with Crippen LogP contribution in [0.15, 0.2) is 46.5 Å². The number of nitroso groups, excluding NO2 is 1. The van der Waals surface area contributed by atoms with E-state index in [0.29, 0.717) is 28.4 Å². The van der Waals surface area contributed by atoms with E-state index in [1.807, 2.05) is 0 Å². The van der Waals surface area contributed by atoms with E-state index in [2.05, 4.69) is 25.6 Å². The fourth-order valence-electron chi connectivity index (χ4n) is 4.51. The molecule has 1 N–H and O–H groups in total. The lowest BCUT2D eigenvalue weighted by Gasteiger charge is -2.18. The van der Waals surface area contributed by atoms with Crippen molar-refractivity contribution in [2.45, 2.75) is 19.3 Å². The second kappa shape index (κ2) is 7.49. The Bertz CT molecular complexity index is 1150.